The zero-order valence-corrected chi connectivity index (χ0v) is 13.2. The highest BCUT2D eigenvalue weighted by molar-refractivity contribution is 8.00. The normalized spacial score (nSPS) is 17.4. The molecule has 112 valence electrons. The molecule has 0 radical (unpaired) electrons. The van der Waals surface area contributed by atoms with Crippen LogP contribution in [-0.4, -0.2) is 37.9 Å². The highest BCUT2D eigenvalue weighted by Crippen LogP contribution is 2.20. The average Bonchev–Trinajstić information content (AvgIpc) is 2.96. The van der Waals surface area contributed by atoms with E-state index < -0.39 is 0 Å². The van der Waals surface area contributed by atoms with Gasteiger partial charge in [-0.15, -0.1) is 24.2 Å². The van der Waals surface area contributed by atoms with Crippen molar-refractivity contribution in [2.24, 2.45) is 0 Å². The molecule has 1 amide bonds. The van der Waals surface area contributed by atoms with Crippen LogP contribution in [0.4, 0.5) is 0 Å². The van der Waals surface area contributed by atoms with Crippen LogP contribution in [0.2, 0.25) is 0 Å². The Morgan fingerprint density at radius 1 is 1.45 bits per heavy atom. The molecule has 0 bridgehead atoms. The molecule has 1 unspecified atom stereocenters. The lowest BCUT2D eigenvalue weighted by Crippen LogP contribution is -2.37. The molecular weight excluding hydrogens is 296 g/mol. The topological polar surface area (TPSA) is 50.4 Å². The third kappa shape index (κ3) is 5.61. The van der Waals surface area contributed by atoms with E-state index in [2.05, 4.69) is 10.6 Å². The molecule has 1 aliphatic heterocycles. The Morgan fingerprint density at radius 2 is 2.20 bits per heavy atom. The molecule has 1 aliphatic rings. The van der Waals surface area contributed by atoms with Gasteiger partial charge in [0.25, 0.3) is 0 Å². The first-order chi connectivity index (χ1) is 9.28. The van der Waals surface area contributed by atoms with Crippen molar-refractivity contribution in [3.8, 4) is 5.75 Å². The zero-order valence-electron chi connectivity index (χ0n) is 11.6. The molecule has 2 N–H and O–H groups in total. The summed E-state index contributed by atoms with van der Waals surface area (Å²) in [6.07, 6.45) is 2.37. The molecule has 1 aromatic carbocycles. The molecule has 0 aromatic heterocycles. The van der Waals surface area contributed by atoms with Crippen LogP contribution >= 0.6 is 24.2 Å². The fraction of sp³-hybridized carbons (Fsp3) is 0.500. The molecule has 1 heterocycles. The molecule has 1 atom stereocenters. The van der Waals surface area contributed by atoms with Crippen molar-refractivity contribution in [3.05, 3.63) is 24.3 Å². The van der Waals surface area contributed by atoms with Gasteiger partial charge < -0.3 is 15.4 Å². The third-order valence-corrected chi connectivity index (χ3v) is 4.15. The number of halogens is 1. The van der Waals surface area contributed by atoms with Gasteiger partial charge in [-0.05, 0) is 43.7 Å². The Bertz CT molecular complexity index is 408. The van der Waals surface area contributed by atoms with E-state index >= 15 is 0 Å². The Balaban J connectivity index is 0.00000200. The van der Waals surface area contributed by atoms with Crippen LogP contribution in [0.1, 0.15) is 12.8 Å². The van der Waals surface area contributed by atoms with Crippen LogP contribution in [0.3, 0.4) is 0 Å². The highest BCUT2D eigenvalue weighted by Gasteiger charge is 2.14. The fourth-order valence-corrected chi connectivity index (χ4v) is 2.77. The van der Waals surface area contributed by atoms with E-state index in [0.717, 1.165) is 30.2 Å². The Labute approximate surface area is 130 Å². The van der Waals surface area contributed by atoms with E-state index in [1.54, 1.807) is 18.9 Å². The van der Waals surface area contributed by atoms with Crippen LogP contribution in [0.25, 0.3) is 0 Å². The summed E-state index contributed by atoms with van der Waals surface area (Å²) in [5.41, 5.74) is 0. The number of methoxy groups -OCH3 is 1. The van der Waals surface area contributed by atoms with Gasteiger partial charge in [0.1, 0.15) is 5.75 Å². The summed E-state index contributed by atoms with van der Waals surface area (Å²) in [4.78, 5) is 12.8. The van der Waals surface area contributed by atoms with E-state index in [0.29, 0.717) is 11.8 Å². The molecule has 20 heavy (non-hydrogen) atoms. The molecule has 6 heteroatoms. The summed E-state index contributed by atoms with van der Waals surface area (Å²) >= 11 is 1.54. The largest absolute Gasteiger partial charge is 0.497 e. The van der Waals surface area contributed by atoms with Crippen molar-refractivity contribution >= 4 is 30.1 Å². The van der Waals surface area contributed by atoms with Crippen molar-refractivity contribution < 1.29 is 9.53 Å². The second kappa shape index (κ2) is 9.10. The minimum Gasteiger partial charge on any atom is -0.497 e. The van der Waals surface area contributed by atoms with Crippen molar-refractivity contribution in [2.45, 2.75) is 23.8 Å². The smallest absolute Gasteiger partial charge is 0.230 e. The number of amides is 1. The van der Waals surface area contributed by atoms with E-state index in [4.69, 9.17) is 4.74 Å². The van der Waals surface area contributed by atoms with Crippen LogP contribution < -0.4 is 15.4 Å². The molecule has 1 aromatic rings. The molecule has 4 nitrogen and oxygen atoms in total. The highest BCUT2D eigenvalue weighted by atomic mass is 35.5. The van der Waals surface area contributed by atoms with E-state index in [1.807, 2.05) is 24.3 Å². The van der Waals surface area contributed by atoms with Crippen molar-refractivity contribution in [3.63, 3.8) is 0 Å². The predicted octanol–water partition coefficient (Wildman–Crippen LogP) is 2.08. The number of hydrogen-bond donors (Lipinski definition) is 2. The quantitative estimate of drug-likeness (QED) is 0.789. The van der Waals surface area contributed by atoms with Crippen LogP contribution in [0, 0.1) is 0 Å². The van der Waals surface area contributed by atoms with Crippen molar-refractivity contribution in [1.29, 1.82) is 0 Å². The SMILES string of the molecule is COc1ccc(SCC(=O)NCC2CCCN2)cc1.Cl. The second-order valence-corrected chi connectivity index (χ2v) is 5.61. The number of ether oxygens (including phenoxy) is 1. The summed E-state index contributed by atoms with van der Waals surface area (Å²) in [7, 11) is 1.65. The Kier molecular flexibility index (Phi) is 7.80. The molecule has 2 rings (SSSR count). The standard InChI is InChI=1S/C14H20N2O2S.ClH/c1-18-12-4-6-13(7-5-12)19-10-14(17)16-9-11-3-2-8-15-11;/h4-7,11,15H,2-3,8-10H2,1H3,(H,16,17);1H. The number of carbonyl (C=O) groups excluding carboxylic acids is 1. The van der Waals surface area contributed by atoms with E-state index in [9.17, 15) is 4.79 Å². The number of nitrogens with one attached hydrogen (secondary N) is 2. The summed E-state index contributed by atoms with van der Waals surface area (Å²) in [5, 5.41) is 6.33. The van der Waals surface area contributed by atoms with Gasteiger partial charge in [0, 0.05) is 17.5 Å². The van der Waals surface area contributed by atoms with Gasteiger partial charge in [-0.25, -0.2) is 0 Å². The summed E-state index contributed by atoms with van der Waals surface area (Å²) in [5.74, 6) is 1.38. The van der Waals surface area contributed by atoms with Crippen molar-refractivity contribution in [1.82, 2.24) is 10.6 Å². The van der Waals surface area contributed by atoms with Gasteiger partial charge in [0.05, 0.1) is 12.9 Å². The lowest BCUT2D eigenvalue weighted by atomic mass is 10.2. The van der Waals surface area contributed by atoms with Gasteiger partial charge in [-0.3, -0.25) is 4.79 Å². The monoisotopic (exact) mass is 316 g/mol. The van der Waals surface area contributed by atoms with Gasteiger partial charge in [-0.2, -0.15) is 0 Å². The van der Waals surface area contributed by atoms with Gasteiger partial charge in [0.2, 0.25) is 5.91 Å². The molecule has 0 spiro atoms. The first-order valence-electron chi connectivity index (χ1n) is 6.55. The lowest BCUT2D eigenvalue weighted by Gasteiger charge is -2.11. The molecular formula is C14H21ClN2O2S. The third-order valence-electron chi connectivity index (χ3n) is 3.14. The van der Waals surface area contributed by atoms with Crippen LogP contribution in [-0.2, 0) is 4.79 Å². The molecule has 0 saturated carbocycles. The van der Waals surface area contributed by atoms with Gasteiger partial charge in [-0.1, -0.05) is 0 Å². The summed E-state index contributed by atoms with van der Waals surface area (Å²) < 4.78 is 5.09. The number of rotatable bonds is 6. The maximum Gasteiger partial charge on any atom is 0.230 e. The number of hydrogen-bond acceptors (Lipinski definition) is 4. The Morgan fingerprint density at radius 3 is 2.80 bits per heavy atom. The molecule has 1 fully saturated rings. The van der Waals surface area contributed by atoms with E-state index in [-0.39, 0.29) is 18.3 Å². The lowest BCUT2D eigenvalue weighted by molar-refractivity contribution is -0.118. The maximum absolute atomic E-state index is 11.7. The first-order valence-corrected chi connectivity index (χ1v) is 7.53. The van der Waals surface area contributed by atoms with Crippen molar-refractivity contribution in [2.75, 3.05) is 26.0 Å². The van der Waals surface area contributed by atoms with Gasteiger partial charge >= 0.3 is 0 Å². The minimum absolute atomic E-state index is 0. The van der Waals surface area contributed by atoms with Crippen LogP contribution in [0.5, 0.6) is 5.75 Å². The summed E-state index contributed by atoms with van der Waals surface area (Å²) in [6, 6.07) is 8.20. The molecule has 0 aliphatic carbocycles. The number of benzene rings is 1. The van der Waals surface area contributed by atoms with Crippen LogP contribution in [0.15, 0.2) is 29.2 Å². The van der Waals surface area contributed by atoms with E-state index in [1.165, 1.54) is 6.42 Å². The number of thioether (sulfide) groups is 1. The zero-order chi connectivity index (χ0) is 13.5. The fourth-order valence-electron chi connectivity index (χ4n) is 2.04. The second-order valence-electron chi connectivity index (χ2n) is 4.56. The minimum atomic E-state index is 0. The first kappa shape index (κ1) is 17.1. The Hall–Kier alpha value is -0.910. The maximum atomic E-state index is 11.7. The summed E-state index contributed by atoms with van der Waals surface area (Å²) in [6.45, 7) is 1.81. The number of carbonyl (C=O) groups is 1. The molecule has 1 saturated heterocycles. The van der Waals surface area contributed by atoms with Gasteiger partial charge in [0.15, 0.2) is 0 Å². The predicted molar refractivity (Wildman–Crippen MR) is 85.0 cm³/mol. The average molecular weight is 317 g/mol.